The van der Waals surface area contributed by atoms with E-state index in [1.165, 1.54) is 53.0 Å². The Morgan fingerprint density at radius 1 is 0.769 bits per heavy atom. The van der Waals surface area contributed by atoms with E-state index in [0.29, 0.717) is 17.3 Å². The van der Waals surface area contributed by atoms with Crippen LogP contribution in [-0.4, -0.2) is 18.4 Å². The van der Waals surface area contributed by atoms with Crippen molar-refractivity contribution in [1.82, 2.24) is 0 Å². The van der Waals surface area contributed by atoms with Gasteiger partial charge in [0.25, 0.3) is 0 Å². The molecule has 4 unspecified atom stereocenters. The molecule has 10 heterocycles. The van der Waals surface area contributed by atoms with Crippen molar-refractivity contribution in [2.75, 3.05) is 6.61 Å². The number of hydrogen-bond acceptors (Lipinski definition) is 3. The number of fused-ring (bicyclic) bond motifs is 10. The second kappa shape index (κ2) is 1.57. The van der Waals surface area contributed by atoms with Crippen LogP contribution in [0.4, 0.5) is 0 Å². The van der Waals surface area contributed by atoms with Gasteiger partial charge >= 0.3 is 132 Å². The van der Waals surface area contributed by atoms with Crippen molar-refractivity contribution in [3.8, 4) is 0 Å². The molecule has 0 radical (unpaired) electrons. The Balaban J connectivity index is 0.781. The van der Waals surface area contributed by atoms with Gasteiger partial charge < -0.3 is 0 Å². The normalized spacial score (nSPS) is 81.7. The SMILES string of the molecule is CCOC(=O)CCCCCCCCC(=O)[C]12[CH]3[CH]4[CH]5[CH]1[Fe]45321678[CH]2[CH]1[CH]6[CH]7[CH]28. The van der Waals surface area contributed by atoms with E-state index in [-0.39, 0.29) is 5.97 Å². The zero-order chi connectivity index (χ0) is 17.2. The number of Topliss-reactive ketones (excluding diaryl/α,β-unsaturated/α-hetero) is 1. The summed E-state index contributed by atoms with van der Waals surface area (Å²) in [7, 11) is 0. The molecular formula is C22H30FeO3. The van der Waals surface area contributed by atoms with E-state index in [1.807, 2.05) is 6.92 Å². The fourth-order valence-electron chi connectivity index (χ4n) is 18.6. The molecule has 0 saturated carbocycles. The molecule has 10 aliphatic rings. The van der Waals surface area contributed by atoms with Gasteiger partial charge in [-0.1, -0.05) is 0 Å². The van der Waals surface area contributed by atoms with Crippen LogP contribution in [0.15, 0.2) is 0 Å². The zero-order valence-electron chi connectivity index (χ0n) is 15.6. The van der Waals surface area contributed by atoms with Crippen molar-refractivity contribution in [2.45, 2.75) is 106 Å². The van der Waals surface area contributed by atoms with Crippen molar-refractivity contribution in [3.63, 3.8) is 0 Å². The van der Waals surface area contributed by atoms with E-state index in [2.05, 4.69) is 0 Å². The molecule has 10 aliphatic heterocycles. The molecule has 0 bridgehead atoms. The molecule has 4 atom stereocenters. The van der Waals surface area contributed by atoms with Gasteiger partial charge in [-0.25, -0.2) is 0 Å². The first-order chi connectivity index (χ1) is 12.4. The molecular weight excluding hydrogens is 368 g/mol. The number of ether oxygens (including phenoxy) is 1. The molecule has 4 heteroatoms. The van der Waals surface area contributed by atoms with Crippen LogP contribution in [0.2, 0.25) is 47.7 Å². The van der Waals surface area contributed by atoms with E-state index < -0.39 is 6.51 Å². The second-order valence-corrected chi connectivity index (χ2v) is 37.1. The van der Waals surface area contributed by atoms with Crippen LogP contribution in [0.5, 0.6) is 0 Å². The van der Waals surface area contributed by atoms with Crippen LogP contribution in [-0.2, 0) is 20.8 Å². The summed E-state index contributed by atoms with van der Waals surface area (Å²) in [5, 5.41) is 0. The average Bonchev–Trinajstić information content (AvgIpc) is 3.56. The monoisotopic (exact) mass is 398 g/mol. The van der Waals surface area contributed by atoms with E-state index in [1.54, 1.807) is 0 Å². The van der Waals surface area contributed by atoms with Gasteiger partial charge in [0.2, 0.25) is 0 Å². The van der Waals surface area contributed by atoms with Crippen LogP contribution in [0.25, 0.3) is 0 Å². The Hall–Kier alpha value is -0.341. The Morgan fingerprint density at radius 3 is 1.69 bits per heavy atom. The predicted molar refractivity (Wildman–Crippen MR) is 95.0 cm³/mol. The maximum atomic E-state index is 13.5. The summed E-state index contributed by atoms with van der Waals surface area (Å²) in [6.45, 7) is -0.796. The minimum absolute atomic E-state index is 0.0501. The van der Waals surface area contributed by atoms with Gasteiger partial charge in [0.15, 0.2) is 0 Å². The zero-order valence-corrected chi connectivity index (χ0v) is 16.7. The molecule has 26 heavy (non-hydrogen) atoms. The van der Waals surface area contributed by atoms with Crippen molar-refractivity contribution in [2.24, 2.45) is 0 Å². The molecule has 1 spiro atoms. The van der Waals surface area contributed by atoms with E-state index in [0.717, 1.165) is 41.1 Å². The number of ketones is 1. The van der Waals surface area contributed by atoms with E-state index >= 15 is 0 Å². The van der Waals surface area contributed by atoms with Crippen molar-refractivity contribution in [1.29, 1.82) is 0 Å². The molecule has 0 amide bonds. The third kappa shape index (κ3) is 0.224. The van der Waals surface area contributed by atoms with Crippen LogP contribution in [0.3, 0.4) is 0 Å². The topological polar surface area (TPSA) is 43.4 Å². The number of carbonyl (C=O) groups excluding carboxylic acids is 2. The summed E-state index contributed by atoms with van der Waals surface area (Å²) >= 11 is 0. The molecule has 10 rings (SSSR count). The number of rotatable bonds is 11. The molecule has 10 saturated heterocycles. The first kappa shape index (κ1) is 13.0. The number of carbonyl (C=O) groups is 2. The number of esters is 1. The van der Waals surface area contributed by atoms with E-state index in [4.69, 9.17) is 4.74 Å². The van der Waals surface area contributed by atoms with Gasteiger partial charge in [-0.05, 0) is 6.92 Å². The Labute approximate surface area is 145 Å². The summed E-state index contributed by atoms with van der Waals surface area (Å²) < 4.78 is 5.46. The average molecular weight is 398 g/mol. The molecule has 0 aliphatic carbocycles. The van der Waals surface area contributed by atoms with Crippen molar-refractivity contribution in [3.05, 3.63) is 0 Å². The maximum absolute atomic E-state index is 13.5. The fraction of sp³-hybridized carbons (Fsp3) is 0.909. The summed E-state index contributed by atoms with van der Waals surface area (Å²) in [4.78, 5) is 36.0. The van der Waals surface area contributed by atoms with Crippen LogP contribution in [0.1, 0.15) is 58.3 Å². The van der Waals surface area contributed by atoms with Crippen LogP contribution < -0.4 is 0 Å². The summed E-state index contributed by atoms with van der Waals surface area (Å²) in [5.74, 6) is 0.789. The molecule has 144 valence electrons. The van der Waals surface area contributed by atoms with Crippen molar-refractivity contribution >= 4 is 11.8 Å². The van der Waals surface area contributed by atoms with Crippen molar-refractivity contribution < 1.29 is 20.8 Å². The fourth-order valence-corrected chi connectivity index (χ4v) is 92.8. The molecule has 0 aromatic rings. The first-order valence-corrected chi connectivity index (χ1v) is 17.6. The van der Waals surface area contributed by atoms with Gasteiger partial charge in [0.05, 0.1) is 6.61 Å². The number of hydrogen-bond donors (Lipinski definition) is 0. The summed E-state index contributed by atoms with van der Waals surface area (Å²) in [5.41, 5.74) is 0. The van der Waals surface area contributed by atoms with Gasteiger partial charge in [0.1, 0.15) is 0 Å². The Kier molecular flexibility index (Phi) is 0.786. The summed E-state index contributed by atoms with van der Waals surface area (Å²) in [6.07, 6.45) is 8.39. The number of unbranched alkanes of at least 4 members (excludes halogenated alkanes) is 5. The van der Waals surface area contributed by atoms with Gasteiger partial charge in [-0.3, -0.25) is 0 Å². The predicted octanol–water partition coefficient (Wildman–Crippen LogP) is 6.00. The molecule has 0 aromatic heterocycles. The second-order valence-electron chi connectivity index (χ2n) is 13.5. The molecule has 0 N–H and O–H groups in total. The Morgan fingerprint density at radius 2 is 1.27 bits per heavy atom. The minimum atomic E-state index is -3.15. The standard InChI is InChI=1S/C17H25O3.C5H5.Fe/c1-2-20-17(19)14-8-6-4-3-5-7-13-16(18)15-11-9-10-12-15;1-2-4-5-3-1;/h9-12H,2-8,13-14H2,1H3;1-5H;. The Bertz CT molecular complexity index is 1100. The van der Waals surface area contributed by atoms with Crippen LogP contribution in [0, 0.1) is 0 Å². The molecule has 0 aromatic carbocycles. The van der Waals surface area contributed by atoms with Gasteiger partial charge in [-0.15, -0.1) is 0 Å². The molecule has 3 nitrogen and oxygen atoms in total. The first-order valence-electron chi connectivity index (χ1n) is 11.3. The third-order valence-electron chi connectivity index (χ3n) is 17.4. The molecule has 10 fully saturated rings. The van der Waals surface area contributed by atoms with Crippen LogP contribution >= 0.6 is 0 Å². The third-order valence-corrected chi connectivity index (χ3v) is 59.8. The quantitative estimate of drug-likeness (QED) is 0.244. The van der Waals surface area contributed by atoms with E-state index in [9.17, 15) is 9.59 Å². The van der Waals surface area contributed by atoms with Gasteiger partial charge in [-0.2, -0.15) is 0 Å². The summed E-state index contributed by atoms with van der Waals surface area (Å²) in [6, 6.07) is 0. The van der Waals surface area contributed by atoms with Gasteiger partial charge in [0, 0.05) is 0 Å².